The highest BCUT2D eigenvalue weighted by Crippen LogP contribution is 2.25. The van der Waals surface area contributed by atoms with Crippen LogP contribution in [0.25, 0.3) is 0 Å². The molecule has 0 saturated carbocycles. The van der Waals surface area contributed by atoms with Crippen LogP contribution in [0.15, 0.2) is 65.8 Å². The Kier molecular flexibility index (Phi) is 5.69. The van der Waals surface area contributed by atoms with Gasteiger partial charge in [0, 0.05) is 28.4 Å². The van der Waals surface area contributed by atoms with E-state index in [2.05, 4.69) is 21.5 Å². The minimum absolute atomic E-state index is 0.110. The summed E-state index contributed by atoms with van der Waals surface area (Å²) in [7, 11) is 0. The van der Waals surface area contributed by atoms with E-state index in [1.54, 1.807) is 30.6 Å². The molecular weight excluding hydrogens is 368 g/mol. The van der Waals surface area contributed by atoms with Crippen LogP contribution in [0.3, 0.4) is 0 Å². The number of benzene rings is 2. The van der Waals surface area contributed by atoms with Gasteiger partial charge in [-0.05, 0) is 60.5 Å². The van der Waals surface area contributed by atoms with Crippen LogP contribution in [0.2, 0.25) is 0 Å². The van der Waals surface area contributed by atoms with E-state index in [0.29, 0.717) is 11.1 Å². The molecule has 7 heteroatoms. The van der Waals surface area contributed by atoms with E-state index in [1.165, 1.54) is 18.2 Å². The number of nitrogens with one attached hydrogen (secondary N) is 1. The van der Waals surface area contributed by atoms with Crippen LogP contribution in [0.1, 0.15) is 21.5 Å². The topological polar surface area (TPSA) is 68.0 Å². The normalized spacial score (nSPS) is 10.0. The molecule has 0 radical (unpaired) electrons. The molecule has 0 saturated heterocycles. The maximum Gasteiger partial charge on any atom is 0.248 e. The number of carbonyl (C=O) groups excluding carboxylic acids is 1. The van der Waals surface area contributed by atoms with E-state index in [-0.39, 0.29) is 11.3 Å². The fourth-order valence-corrected chi connectivity index (χ4v) is 2.77. The minimum atomic E-state index is -0.785. The van der Waals surface area contributed by atoms with Crippen LogP contribution in [0.4, 0.5) is 14.5 Å². The van der Waals surface area contributed by atoms with Gasteiger partial charge in [-0.15, -0.1) is 0 Å². The number of nitrogens with two attached hydrogens (primary N) is 1. The Hall–Kier alpha value is -3.37. The van der Waals surface area contributed by atoms with Gasteiger partial charge >= 0.3 is 0 Å². The summed E-state index contributed by atoms with van der Waals surface area (Å²) in [6.07, 6.45) is 3.25. The maximum atomic E-state index is 14.6. The quantitative estimate of drug-likeness (QED) is 0.530. The van der Waals surface area contributed by atoms with Gasteiger partial charge in [-0.25, -0.2) is 8.78 Å². The van der Waals surface area contributed by atoms with Gasteiger partial charge in [0.1, 0.15) is 5.82 Å². The number of hydrogen-bond acceptors (Lipinski definition) is 4. The van der Waals surface area contributed by atoms with E-state index >= 15 is 0 Å². The zero-order chi connectivity index (χ0) is 19.2. The third-order valence-electron chi connectivity index (χ3n) is 3.51. The molecule has 2 aromatic carbocycles. The highest BCUT2D eigenvalue weighted by atomic mass is 32.2. The molecule has 3 N–H and O–H groups in total. The molecular formula is C20H13F2N3OS. The molecule has 0 aliphatic heterocycles. The van der Waals surface area contributed by atoms with Crippen molar-refractivity contribution in [1.82, 2.24) is 4.98 Å². The number of primary amides is 1. The number of amides is 1. The van der Waals surface area contributed by atoms with Crippen molar-refractivity contribution in [3.63, 3.8) is 0 Å². The molecule has 0 atom stereocenters. The number of nitrogens with zero attached hydrogens (tertiary/aromatic N) is 1. The molecule has 1 amide bonds. The van der Waals surface area contributed by atoms with E-state index in [1.807, 2.05) is 6.07 Å². The summed E-state index contributed by atoms with van der Waals surface area (Å²) in [6, 6.07) is 12.1. The molecule has 0 spiro atoms. The number of halogens is 2. The van der Waals surface area contributed by atoms with E-state index in [0.717, 1.165) is 22.9 Å². The van der Waals surface area contributed by atoms with Gasteiger partial charge < -0.3 is 10.5 Å². The lowest BCUT2D eigenvalue weighted by atomic mass is 10.1. The average Bonchev–Trinajstić information content (AvgIpc) is 2.68. The summed E-state index contributed by atoms with van der Waals surface area (Å²) < 4.78 is 31.5. The Morgan fingerprint density at radius 2 is 1.85 bits per heavy atom. The van der Waals surface area contributed by atoms with Crippen molar-refractivity contribution in [3.8, 4) is 11.8 Å². The van der Waals surface area contributed by atoms with Crippen molar-refractivity contribution in [3.05, 3.63) is 89.2 Å². The summed E-state index contributed by atoms with van der Waals surface area (Å²) in [4.78, 5) is 15.8. The van der Waals surface area contributed by atoms with Gasteiger partial charge in [-0.2, -0.15) is 0 Å². The fraction of sp³-hybridized carbons (Fsp3) is 0. The molecule has 4 nitrogen and oxygen atoms in total. The van der Waals surface area contributed by atoms with Gasteiger partial charge in [0.15, 0.2) is 5.82 Å². The van der Waals surface area contributed by atoms with Gasteiger partial charge in [0.05, 0.1) is 11.3 Å². The average molecular weight is 381 g/mol. The second-order valence-electron chi connectivity index (χ2n) is 5.37. The van der Waals surface area contributed by atoms with Crippen LogP contribution in [0.5, 0.6) is 0 Å². The molecule has 1 heterocycles. The zero-order valence-electron chi connectivity index (χ0n) is 13.9. The summed E-state index contributed by atoms with van der Waals surface area (Å²) in [5, 5.41) is 0. The summed E-state index contributed by atoms with van der Waals surface area (Å²) in [5.41, 5.74) is 5.77. The number of anilines is 1. The third-order valence-corrected chi connectivity index (χ3v) is 4.30. The third kappa shape index (κ3) is 4.63. The SMILES string of the molecule is NC(=O)c1ccc(C#Cc2c(F)ccc(NSc3cccnc3)c2F)cc1. The number of aromatic nitrogens is 1. The predicted octanol–water partition coefficient (Wildman–Crippen LogP) is 3.98. The Morgan fingerprint density at radius 1 is 1.07 bits per heavy atom. The van der Waals surface area contributed by atoms with Crippen LogP contribution in [-0.2, 0) is 0 Å². The van der Waals surface area contributed by atoms with Gasteiger partial charge in [-0.3, -0.25) is 9.78 Å². The molecule has 27 heavy (non-hydrogen) atoms. The summed E-state index contributed by atoms with van der Waals surface area (Å²) in [6.45, 7) is 0. The standard InChI is InChI=1S/C20H13F2N3OS/c21-17-9-10-18(25-27-15-2-1-11-24-12-15)19(22)16(17)8-5-13-3-6-14(7-4-13)20(23)26/h1-4,6-7,9-12,25H,(H2,23,26). The van der Waals surface area contributed by atoms with Crippen molar-refractivity contribution < 1.29 is 13.6 Å². The number of pyridine rings is 1. The lowest BCUT2D eigenvalue weighted by Crippen LogP contribution is -2.10. The van der Waals surface area contributed by atoms with Crippen molar-refractivity contribution in [2.75, 3.05) is 4.72 Å². The van der Waals surface area contributed by atoms with Crippen LogP contribution in [0, 0.1) is 23.5 Å². The monoisotopic (exact) mass is 381 g/mol. The first kappa shape index (κ1) is 18.4. The predicted molar refractivity (Wildman–Crippen MR) is 101 cm³/mol. The van der Waals surface area contributed by atoms with Crippen LogP contribution < -0.4 is 10.5 Å². The maximum absolute atomic E-state index is 14.6. The number of hydrogen-bond donors (Lipinski definition) is 2. The highest BCUT2D eigenvalue weighted by Gasteiger charge is 2.12. The minimum Gasteiger partial charge on any atom is -0.366 e. The van der Waals surface area contributed by atoms with Gasteiger partial charge in [-0.1, -0.05) is 11.8 Å². The molecule has 1 aromatic heterocycles. The Labute approximate surface area is 159 Å². The molecule has 134 valence electrons. The van der Waals surface area contributed by atoms with Gasteiger partial charge in [0.2, 0.25) is 5.91 Å². The zero-order valence-corrected chi connectivity index (χ0v) is 14.7. The Balaban J connectivity index is 1.82. The van der Waals surface area contributed by atoms with Crippen molar-refractivity contribution in [2.24, 2.45) is 5.73 Å². The number of carbonyl (C=O) groups is 1. The lowest BCUT2D eigenvalue weighted by molar-refractivity contribution is 0.100. The molecule has 0 unspecified atom stereocenters. The molecule has 0 aliphatic carbocycles. The second kappa shape index (κ2) is 8.34. The lowest BCUT2D eigenvalue weighted by Gasteiger charge is -2.08. The van der Waals surface area contributed by atoms with E-state index in [4.69, 9.17) is 5.73 Å². The first-order chi connectivity index (χ1) is 13.0. The molecule has 0 bridgehead atoms. The van der Waals surface area contributed by atoms with E-state index < -0.39 is 17.5 Å². The summed E-state index contributed by atoms with van der Waals surface area (Å²) >= 11 is 1.15. The first-order valence-corrected chi connectivity index (χ1v) is 8.59. The van der Waals surface area contributed by atoms with Crippen molar-refractivity contribution >= 4 is 23.5 Å². The highest BCUT2D eigenvalue weighted by molar-refractivity contribution is 8.00. The smallest absolute Gasteiger partial charge is 0.248 e. The largest absolute Gasteiger partial charge is 0.366 e. The Bertz CT molecular complexity index is 1030. The van der Waals surface area contributed by atoms with Crippen LogP contribution >= 0.6 is 11.9 Å². The molecule has 0 fully saturated rings. The first-order valence-electron chi connectivity index (χ1n) is 7.77. The second-order valence-corrected chi connectivity index (χ2v) is 6.25. The van der Waals surface area contributed by atoms with E-state index in [9.17, 15) is 13.6 Å². The molecule has 3 aromatic rings. The Morgan fingerprint density at radius 3 is 2.52 bits per heavy atom. The molecule has 3 rings (SSSR count). The molecule has 0 aliphatic rings. The van der Waals surface area contributed by atoms with Crippen LogP contribution in [-0.4, -0.2) is 10.9 Å². The van der Waals surface area contributed by atoms with Gasteiger partial charge in [0.25, 0.3) is 0 Å². The fourth-order valence-electron chi connectivity index (χ4n) is 2.12. The summed E-state index contributed by atoms with van der Waals surface area (Å²) in [5.74, 6) is 3.09. The number of rotatable bonds is 4. The van der Waals surface area contributed by atoms with Crippen molar-refractivity contribution in [1.29, 1.82) is 0 Å². The van der Waals surface area contributed by atoms with Crippen molar-refractivity contribution in [2.45, 2.75) is 4.90 Å².